The van der Waals surface area contributed by atoms with Crippen LogP contribution in [-0.4, -0.2) is 17.1 Å². The van der Waals surface area contributed by atoms with Crippen molar-refractivity contribution in [2.24, 2.45) is 5.92 Å². The zero-order valence-electron chi connectivity index (χ0n) is 23.2. The van der Waals surface area contributed by atoms with Crippen molar-refractivity contribution in [3.63, 3.8) is 0 Å². The smallest absolute Gasteiger partial charge is 0.255 e. The Morgan fingerprint density at radius 2 is 1.76 bits per heavy atom. The van der Waals surface area contributed by atoms with Crippen LogP contribution in [0.2, 0.25) is 0 Å². The van der Waals surface area contributed by atoms with Gasteiger partial charge in [-0.25, -0.2) is 0 Å². The highest BCUT2D eigenvalue weighted by atomic mass is 16.3. The Morgan fingerprint density at radius 1 is 1.08 bits per heavy atom. The highest BCUT2D eigenvalue weighted by Gasteiger charge is 2.46. The molecule has 0 radical (unpaired) electrons. The molecule has 3 atom stereocenters. The van der Waals surface area contributed by atoms with Gasteiger partial charge in [0.1, 0.15) is 0 Å². The first kappa shape index (κ1) is 29.2. The minimum atomic E-state index is -0.207. The number of hydrogen-bond acceptors (Lipinski definition) is 3. The lowest BCUT2D eigenvalue weighted by molar-refractivity contribution is 0.0468. The van der Waals surface area contributed by atoms with Crippen molar-refractivity contribution in [1.29, 1.82) is 0 Å². The van der Waals surface area contributed by atoms with Gasteiger partial charge in [-0.05, 0) is 98.7 Å². The number of fused-ring (bicyclic) bond motifs is 3. The molecule has 1 amide bonds. The first-order valence-corrected chi connectivity index (χ1v) is 14.0. The van der Waals surface area contributed by atoms with E-state index in [1.165, 1.54) is 16.7 Å². The number of rotatable bonds is 4. The maximum Gasteiger partial charge on any atom is 0.255 e. The topological polar surface area (TPSA) is 75.3 Å². The lowest BCUT2D eigenvalue weighted by Crippen LogP contribution is -2.43. The summed E-state index contributed by atoms with van der Waals surface area (Å²) >= 11 is 0. The highest BCUT2D eigenvalue weighted by molar-refractivity contribution is 6.05. The van der Waals surface area contributed by atoms with E-state index in [1.807, 2.05) is 45.0 Å². The van der Waals surface area contributed by atoms with Crippen molar-refractivity contribution in [3.05, 3.63) is 108 Å². The van der Waals surface area contributed by atoms with E-state index >= 15 is 0 Å². The third-order valence-electron chi connectivity index (χ3n) is 7.74. The molecule has 4 heteroatoms. The second-order valence-electron chi connectivity index (χ2n) is 10.2. The molecule has 3 aromatic carbocycles. The van der Waals surface area contributed by atoms with Crippen LogP contribution in [0.1, 0.15) is 79.9 Å². The summed E-state index contributed by atoms with van der Waals surface area (Å²) in [6, 6.07) is 24.3. The van der Waals surface area contributed by atoms with Crippen LogP contribution in [-0.2, 0) is 18.3 Å². The number of allylic oxidation sites excluding steroid dienone is 1. The Kier molecular flexibility index (Phi) is 10.7. The molecule has 3 aromatic rings. The number of aliphatic hydroxyl groups is 1. The van der Waals surface area contributed by atoms with Crippen LogP contribution in [0, 0.1) is 5.92 Å². The number of benzene rings is 3. The van der Waals surface area contributed by atoms with Gasteiger partial charge >= 0.3 is 0 Å². The predicted molar refractivity (Wildman–Crippen MR) is 161 cm³/mol. The maximum absolute atomic E-state index is 13.0. The number of para-hydroxylation sites is 2. The molecule has 4 N–H and O–H groups in total. The molecule has 0 saturated heterocycles. The number of amides is 1. The number of anilines is 2. The standard InChI is InChI=1S/C29H32N2O2.C3H6.C2H6/c30-26-11-4-5-12-27(26)31-28(33)22-13-14-25-21(17-22)9-6-10-23-18-24(32)15-16-29(23,25)19-20-7-2-1-3-8-20;1-3-2;1-2/h1-5,7-8,11-14,17,23-24,32H,6,9-10,15-16,18-19,30H2,(H,31,33);3H,1H2,2H3;1-2H3. The van der Waals surface area contributed by atoms with Crippen LogP contribution in [0.25, 0.3) is 0 Å². The molecule has 3 unspecified atom stereocenters. The van der Waals surface area contributed by atoms with Crippen molar-refractivity contribution < 1.29 is 9.90 Å². The Balaban J connectivity index is 0.000000748. The number of carbonyl (C=O) groups excluding carboxylic acids is 1. The number of nitrogens with two attached hydrogens (primary N) is 1. The Labute approximate surface area is 229 Å². The van der Waals surface area contributed by atoms with E-state index in [0.717, 1.165) is 44.9 Å². The fourth-order valence-corrected chi connectivity index (χ4v) is 6.11. The molecule has 1 fully saturated rings. The molecule has 5 rings (SSSR count). The molecule has 38 heavy (non-hydrogen) atoms. The van der Waals surface area contributed by atoms with Gasteiger partial charge in [0.25, 0.3) is 5.91 Å². The van der Waals surface area contributed by atoms with Crippen LogP contribution in [0.5, 0.6) is 0 Å². The summed E-state index contributed by atoms with van der Waals surface area (Å²) in [6.07, 6.45) is 8.35. The summed E-state index contributed by atoms with van der Waals surface area (Å²) in [7, 11) is 0. The average molecular weight is 513 g/mol. The maximum atomic E-state index is 13.0. The van der Waals surface area contributed by atoms with E-state index < -0.39 is 0 Å². The van der Waals surface area contributed by atoms with E-state index in [0.29, 0.717) is 22.9 Å². The normalized spacial score (nSPS) is 21.6. The largest absolute Gasteiger partial charge is 0.397 e. The lowest BCUT2D eigenvalue weighted by atomic mass is 9.58. The average Bonchev–Trinajstić information content (AvgIpc) is 3.08. The molecule has 202 valence electrons. The van der Waals surface area contributed by atoms with Crippen LogP contribution < -0.4 is 11.1 Å². The second-order valence-corrected chi connectivity index (χ2v) is 10.2. The number of aryl methyl sites for hydroxylation is 1. The molecule has 0 aromatic heterocycles. The first-order chi connectivity index (χ1) is 18.5. The van der Waals surface area contributed by atoms with Crippen molar-refractivity contribution >= 4 is 17.3 Å². The van der Waals surface area contributed by atoms with Gasteiger partial charge in [-0.15, -0.1) is 6.58 Å². The molecule has 0 heterocycles. The van der Waals surface area contributed by atoms with Gasteiger partial charge in [0.15, 0.2) is 0 Å². The highest BCUT2D eigenvalue weighted by Crippen LogP contribution is 2.51. The van der Waals surface area contributed by atoms with E-state index in [1.54, 1.807) is 12.1 Å². The quantitative estimate of drug-likeness (QED) is 0.247. The van der Waals surface area contributed by atoms with Gasteiger partial charge < -0.3 is 16.2 Å². The van der Waals surface area contributed by atoms with Crippen LogP contribution in [0.4, 0.5) is 11.4 Å². The number of nitrogens with one attached hydrogen (secondary N) is 1. The van der Waals surface area contributed by atoms with E-state index in [-0.39, 0.29) is 17.4 Å². The van der Waals surface area contributed by atoms with Crippen molar-refractivity contribution in [2.45, 2.75) is 77.2 Å². The Bertz CT molecular complexity index is 1190. The summed E-state index contributed by atoms with van der Waals surface area (Å²) in [5.41, 5.74) is 11.9. The van der Waals surface area contributed by atoms with Gasteiger partial charge in [0.05, 0.1) is 17.5 Å². The summed E-state index contributed by atoms with van der Waals surface area (Å²) in [4.78, 5) is 13.0. The van der Waals surface area contributed by atoms with Gasteiger partial charge in [-0.1, -0.05) is 68.5 Å². The second kappa shape index (κ2) is 14.0. The van der Waals surface area contributed by atoms with Crippen molar-refractivity contribution in [2.75, 3.05) is 11.1 Å². The molecule has 2 aliphatic rings. The van der Waals surface area contributed by atoms with E-state index in [9.17, 15) is 9.90 Å². The zero-order valence-corrected chi connectivity index (χ0v) is 23.2. The lowest BCUT2D eigenvalue weighted by Gasteiger charge is -2.46. The van der Waals surface area contributed by atoms with Gasteiger partial charge in [0, 0.05) is 11.0 Å². The first-order valence-electron chi connectivity index (χ1n) is 14.0. The summed E-state index contributed by atoms with van der Waals surface area (Å²) < 4.78 is 0. The van der Waals surface area contributed by atoms with Crippen molar-refractivity contribution in [3.8, 4) is 0 Å². The molecular weight excluding hydrogens is 468 g/mol. The molecule has 0 spiro atoms. The number of nitrogen functional groups attached to an aromatic ring is 1. The molecule has 0 aliphatic heterocycles. The molecule has 0 bridgehead atoms. The molecule has 4 nitrogen and oxygen atoms in total. The summed E-state index contributed by atoms with van der Waals surface area (Å²) in [6.45, 7) is 9.25. The number of aliphatic hydroxyl groups excluding tert-OH is 1. The number of carbonyl (C=O) groups is 1. The molecular formula is C34H44N2O2. The predicted octanol–water partition coefficient (Wildman–Crippen LogP) is 7.72. The third-order valence-corrected chi connectivity index (χ3v) is 7.74. The summed E-state index contributed by atoms with van der Waals surface area (Å²) in [5, 5.41) is 13.4. The fraction of sp³-hybridized carbons (Fsp3) is 0.382. The zero-order chi connectivity index (χ0) is 27.5. The minimum Gasteiger partial charge on any atom is -0.397 e. The summed E-state index contributed by atoms with van der Waals surface area (Å²) in [5.74, 6) is 0.319. The third kappa shape index (κ3) is 6.73. The van der Waals surface area contributed by atoms with E-state index in [2.05, 4.69) is 54.4 Å². The Morgan fingerprint density at radius 3 is 2.47 bits per heavy atom. The van der Waals surface area contributed by atoms with Crippen LogP contribution in [0.15, 0.2) is 85.5 Å². The minimum absolute atomic E-state index is 0.00524. The van der Waals surface area contributed by atoms with Crippen molar-refractivity contribution in [1.82, 2.24) is 0 Å². The van der Waals surface area contributed by atoms with Gasteiger partial charge in [0.2, 0.25) is 0 Å². The Hall–Kier alpha value is -3.37. The van der Waals surface area contributed by atoms with E-state index in [4.69, 9.17) is 5.73 Å². The SMILES string of the molecule is C=CC.CC.Nc1ccccc1NC(=O)c1ccc2c(c1)CCCC1CC(O)CCC21Cc1ccccc1. The number of hydrogen-bond donors (Lipinski definition) is 3. The van der Waals surface area contributed by atoms with Crippen LogP contribution >= 0.6 is 0 Å². The fourth-order valence-electron chi connectivity index (χ4n) is 6.11. The van der Waals surface area contributed by atoms with Gasteiger partial charge in [-0.2, -0.15) is 0 Å². The van der Waals surface area contributed by atoms with Gasteiger partial charge in [-0.3, -0.25) is 4.79 Å². The van der Waals surface area contributed by atoms with Crippen LogP contribution in [0.3, 0.4) is 0 Å². The molecule has 1 saturated carbocycles. The molecule has 2 aliphatic carbocycles. The monoisotopic (exact) mass is 512 g/mol.